The Hall–Kier alpha value is -2.30. The second kappa shape index (κ2) is 7.72. The Morgan fingerprint density at radius 1 is 1.28 bits per heavy atom. The number of carbonyl (C=O) groups is 2. The smallest absolute Gasteiger partial charge is 0.303 e. The topological polar surface area (TPSA) is 62.5 Å². The predicted molar refractivity (Wildman–Crippen MR) is 97.5 cm³/mol. The van der Waals surface area contributed by atoms with Gasteiger partial charge in [-0.3, -0.25) is 9.59 Å². The minimum absolute atomic E-state index is 0.152. The number of carboxylic acid groups (broad SMARTS) is 1. The average Bonchev–Trinajstić information content (AvgIpc) is 2.98. The van der Waals surface area contributed by atoms with Crippen LogP contribution in [0.5, 0.6) is 0 Å². The van der Waals surface area contributed by atoms with Crippen molar-refractivity contribution >= 4 is 22.8 Å². The van der Waals surface area contributed by atoms with Crippen LogP contribution in [0.2, 0.25) is 0 Å². The zero-order chi connectivity index (χ0) is 17.8. The predicted octanol–water partition coefficient (Wildman–Crippen LogP) is 3.31. The minimum atomic E-state index is -0.754. The van der Waals surface area contributed by atoms with E-state index in [9.17, 15) is 9.59 Å². The van der Waals surface area contributed by atoms with Crippen LogP contribution >= 0.6 is 0 Å². The third-order valence-electron chi connectivity index (χ3n) is 5.19. The van der Waals surface area contributed by atoms with E-state index in [4.69, 9.17) is 5.11 Å². The Morgan fingerprint density at radius 3 is 2.84 bits per heavy atom. The molecule has 1 saturated heterocycles. The SMILES string of the molecule is CCn1cc(CC(=O)N2CCC[C@@H](CCC(=O)O)C2)c2ccccc21. The zero-order valence-electron chi connectivity index (χ0n) is 14.8. The normalized spacial score (nSPS) is 17.8. The van der Waals surface area contributed by atoms with Gasteiger partial charge in [0.2, 0.25) is 5.91 Å². The monoisotopic (exact) mass is 342 g/mol. The summed E-state index contributed by atoms with van der Waals surface area (Å²) in [6.45, 7) is 4.47. The molecule has 1 N–H and O–H groups in total. The number of aliphatic carboxylic acids is 1. The fourth-order valence-electron chi connectivity index (χ4n) is 3.85. The standard InChI is InChI=1S/C20H26N2O3/c1-2-21-14-16(17-7-3-4-8-18(17)21)12-19(23)22-11-5-6-15(13-22)9-10-20(24)25/h3-4,7-8,14-15H,2,5-6,9-13H2,1H3,(H,24,25)/t15-/m0/s1. The van der Waals surface area contributed by atoms with Gasteiger partial charge in [0.25, 0.3) is 0 Å². The van der Waals surface area contributed by atoms with Crippen molar-refractivity contribution in [2.75, 3.05) is 13.1 Å². The summed E-state index contributed by atoms with van der Waals surface area (Å²) in [5.74, 6) is -0.291. The van der Waals surface area contributed by atoms with Gasteiger partial charge >= 0.3 is 5.97 Å². The number of hydrogen-bond donors (Lipinski definition) is 1. The molecule has 1 atom stereocenters. The van der Waals surface area contributed by atoms with Crippen molar-refractivity contribution < 1.29 is 14.7 Å². The third kappa shape index (κ3) is 4.03. The number of nitrogens with zero attached hydrogens (tertiary/aromatic N) is 2. The molecule has 2 heterocycles. The zero-order valence-corrected chi connectivity index (χ0v) is 14.8. The van der Waals surface area contributed by atoms with Crippen LogP contribution in [0.4, 0.5) is 0 Å². The van der Waals surface area contributed by atoms with E-state index in [2.05, 4.69) is 29.8 Å². The van der Waals surface area contributed by atoms with E-state index in [1.54, 1.807) is 0 Å². The van der Waals surface area contributed by atoms with Crippen molar-refractivity contribution in [1.82, 2.24) is 9.47 Å². The first-order chi connectivity index (χ1) is 12.1. The van der Waals surface area contributed by atoms with Gasteiger partial charge in [0.15, 0.2) is 0 Å². The van der Waals surface area contributed by atoms with Crippen molar-refractivity contribution in [2.24, 2.45) is 5.92 Å². The number of aromatic nitrogens is 1. The lowest BCUT2D eigenvalue weighted by atomic mass is 9.93. The van der Waals surface area contributed by atoms with Crippen LogP contribution in [0.15, 0.2) is 30.5 Å². The number of rotatable bonds is 6. The van der Waals surface area contributed by atoms with Gasteiger partial charge in [0, 0.05) is 43.2 Å². The number of benzene rings is 1. The number of aryl methyl sites for hydroxylation is 1. The van der Waals surface area contributed by atoms with E-state index in [1.165, 1.54) is 5.52 Å². The van der Waals surface area contributed by atoms with Crippen LogP contribution in [0.1, 0.15) is 38.2 Å². The summed E-state index contributed by atoms with van der Waals surface area (Å²) >= 11 is 0. The van der Waals surface area contributed by atoms with Crippen LogP contribution in [0, 0.1) is 5.92 Å². The maximum atomic E-state index is 12.8. The number of likely N-dealkylation sites (tertiary alicyclic amines) is 1. The summed E-state index contributed by atoms with van der Waals surface area (Å²) in [6, 6.07) is 8.21. The molecule has 0 saturated carbocycles. The van der Waals surface area contributed by atoms with Gasteiger partial charge in [-0.05, 0) is 43.7 Å². The lowest BCUT2D eigenvalue weighted by molar-refractivity contribution is -0.137. The number of para-hydroxylation sites is 1. The maximum Gasteiger partial charge on any atom is 0.303 e. The van der Waals surface area contributed by atoms with Gasteiger partial charge in [-0.1, -0.05) is 18.2 Å². The van der Waals surface area contributed by atoms with E-state index in [-0.39, 0.29) is 12.3 Å². The first-order valence-corrected chi connectivity index (χ1v) is 9.14. The highest BCUT2D eigenvalue weighted by atomic mass is 16.4. The van der Waals surface area contributed by atoms with E-state index < -0.39 is 5.97 Å². The lowest BCUT2D eigenvalue weighted by Gasteiger charge is -2.32. The van der Waals surface area contributed by atoms with E-state index in [0.29, 0.717) is 25.3 Å². The Morgan fingerprint density at radius 2 is 2.08 bits per heavy atom. The fourth-order valence-corrected chi connectivity index (χ4v) is 3.85. The number of carboxylic acids is 1. The molecule has 5 heteroatoms. The molecule has 1 aliphatic heterocycles. The van der Waals surface area contributed by atoms with Gasteiger partial charge in [-0.25, -0.2) is 0 Å². The molecule has 1 aromatic carbocycles. The molecule has 1 aromatic heterocycles. The van der Waals surface area contributed by atoms with Crippen LogP contribution < -0.4 is 0 Å². The molecule has 5 nitrogen and oxygen atoms in total. The molecule has 2 aromatic rings. The molecule has 134 valence electrons. The summed E-state index contributed by atoms with van der Waals surface area (Å²) in [4.78, 5) is 25.5. The van der Waals surface area contributed by atoms with Crippen molar-refractivity contribution in [3.05, 3.63) is 36.0 Å². The third-order valence-corrected chi connectivity index (χ3v) is 5.19. The molecule has 0 aliphatic carbocycles. The molecule has 3 rings (SSSR count). The highest BCUT2D eigenvalue weighted by Crippen LogP contribution is 2.25. The molecule has 1 amide bonds. The Bertz CT molecular complexity index is 765. The molecular weight excluding hydrogens is 316 g/mol. The van der Waals surface area contributed by atoms with Crippen LogP contribution in [-0.4, -0.2) is 39.5 Å². The van der Waals surface area contributed by atoms with Crippen LogP contribution in [-0.2, 0) is 22.6 Å². The van der Waals surface area contributed by atoms with E-state index >= 15 is 0 Å². The summed E-state index contributed by atoms with van der Waals surface area (Å²) in [5, 5.41) is 10.0. The molecule has 0 radical (unpaired) electrons. The highest BCUT2D eigenvalue weighted by Gasteiger charge is 2.24. The highest BCUT2D eigenvalue weighted by molar-refractivity contribution is 5.89. The first-order valence-electron chi connectivity index (χ1n) is 9.14. The summed E-state index contributed by atoms with van der Waals surface area (Å²) in [7, 11) is 0. The minimum Gasteiger partial charge on any atom is -0.481 e. The molecule has 0 bridgehead atoms. The number of carbonyl (C=O) groups excluding carboxylic acids is 1. The second-order valence-electron chi connectivity index (χ2n) is 6.91. The Labute approximate surface area is 148 Å². The Kier molecular flexibility index (Phi) is 5.41. The van der Waals surface area contributed by atoms with E-state index in [1.807, 2.05) is 17.0 Å². The Balaban J connectivity index is 1.69. The fraction of sp³-hybridized carbons (Fsp3) is 0.500. The molecule has 1 aliphatic rings. The molecule has 0 spiro atoms. The molecule has 25 heavy (non-hydrogen) atoms. The van der Waals surface area contributed by atoms with Gasteiger partial charge in [-0.2, -0.15) is 0 Å². The van der Waals surface area contributed by atoms with Crippen LogP contribution in [0.25, 0.3) is 10.9 Å². The van der Waals surface area contributed by atoms with Gasteiger partial charge < -0.3 is 14.6 Å². The van der Waals surface area contributed by atoms with Crippen LogP contribution in [0.3, 0.4) is 0 Å². The quantitative estimate of drug-likeness (QED) is 0.876. The lowest BCUT2D eigenvalue weighted by Crippen LogP contribution is -2.40. The average molecular weight is 342 g/mol. The summed E-state index contributed by atoms with van der Waals surface area (Å²) in [5.41, 5.74) is 2.25. The summed E-state index contributed by atoms with van der Waals surface area (Å²) < 4.78 is 2.18. The van der Waals surface area contributed by atoms with Crippen molar-refractivity contribution in [2.45, 2.75) is 45.6 Å². The maximum absolute atomic E-state index is 12.8. The number of hydrogen-bond acceptors (Lipinski definition) is 2. The van der Waals surface area contributed by atoms with Gasteiger partial charge in [-0.15, -0.1) is 0 Å². The largest absolute Gasteiger partial charge is 0.481 e. The van der Waals surface area contributed by atoms with Crippen molar-refractivity contribution in [3.8, 4) is 0 Å². The van der Waals surface area contributed by atoms with E-state index in [0.717, 1.165) is 36.9 Å². The molecular formula is C20H26N2O3. The number of fused-ring (bicyclic) bond motifs is 1. The van der Waals surface area contributed by atoms with Gasteiger partial charge in [0.05, 0.1) is 6.42 Å². The van der Waals surface area contributed by atoms with Gasteiger partial charge in [0.1, 0.15) is 0 Å². The molecule has 0 unspecified atom stereocenters. The first kappa shape index (κ1) is 17.5. The number of piperidine rings is 1. The van der Waals surface area contributed by atoms with Crippen molar-refractivity contribution in [1.29, 1.82) is 0 Å². The number of amides is 1. The summed E-state index contributed by atoms with van der Waals surface area (Å²) in [6.07, 6.45) is 5.34. The molecule has 1 fully saturated rings. The second-order valence-corrected chi connectivity index (χ2v) is 6.91. The van der Waals surface area contributed by atoms with Crippen molar-refractivity contribution in [3.63, 3.8) is 0 Å².